The van der Waals surface area contributed by atoms with Gasteiger partial charge in [0.1, 0.15) is 6.54 Å². The highest BCUT2D eigenvalue weighted by molar-refractivity contribution is 14.0. The molecule has 0 spiro atoms. The molecule has 0 amide bonds. The molecule has 1 aromatic carbocycles. The number of halogens is 1. The maximum atomic E-state index is 5.73. The number of nitrogens with one attached hydrogen (secondary N) is 2. The van der Waals surface area contributed by atoms with Crippen LogP contribution in [-0.4, -0.2) is 30.9 Å². The van der Waals surface area contributed by atoms with Crippen LogP contribution in [0.5, 0.6) is 11.5 Å². The Bertz CT molecular complexity index is 764. The van der Waals surface area contributed by atoms with Gasteiger partial charge in [-0.25, -0.2) is 4.99 Å². The summed E-state index contributed by atoms with van der Waals surface area (Å²) in [6.07, 6.45) is 0.850. The Morgan fingerprint density at radius 3 is 2.45 bits per heavy atom. The van der Waals surface area contributed by atoms with Gasteiger partial charge in [-0.1, -0.05) is 18.1 Å². The van der Waals surface area contributed by atoms with Gasteiger partial charge in [-0.15, -0.1) is 24.0 Å². The molecule has 162 valence electrons. The highest BCUT2D eigenvalue weighted by Crippen LogP contribution is 2.30. The number of ether oxygens (including phenoxy) is 2. The van der Waals surface area contributed by atoms with Crippen molar-refractivity contribution in [3.05, 3.63) is 41.3 Å². The second-order valence-electron chi connectivity index (χ2n) is 6.27. The Morgan fingerprint density at radius 1 is 1.10 bits per heavy atom. The Kier molecular flexibility index (Phi) is 11.5. The third-order valence-electron chi connectivity index (χ3n) is 4.13. The number of aliphatic imine (C=N–C) groups is 1. The van der Waals surface area contributed by atoms with Crippen molar-refractivity contribution >= 4 is 29.9 Å². The van der Waals surface area contributed by atoms with Crippen LogP contribution < -0.4 is 20.1 Å². The van der Waals surface area contributed by atoms with Gasteiger partial charge in [0, 0.05) is 12.6 Å². The summed E-state index contributed by atoms with van der Waals surface area (Å²) < 4.78 is 16.7. The molecule has 0 radical (unpaired) electrons. The van der Waals surface area contributed by atoms with Crippen molar-refractivity contribution in [1.29, 1.82) is 0 Å². The Hall–Kier alpha value is -1.97. The summed E-state index contributed by atoms with van der Waals surface area (Å²) in [5.41, 5.74) is 2.03. The predicted molar refractivity (Wildman–Crippen MR) is 126 cm³/mol. The first-order valence-corrected chi connectivity index (χ1v) is 9.99. The van der Waals surface area contributed by atoms with E-state index >= 15 is 0 Å². The van der Waals surface area contributed by atoms with Crippen LogP contribution in [0.2, 0.25) is 0 Å². The molecule has 2 N–H and O–H groups in total. The smallest absolute Gasteiger partial charge is 0.192 e. The highest BCUT2D eigenvalue weighted by atomic mass is 127. The molecule has 0 bridgehead atoms. The molecule has 2 rings (SSSR count). The van der Waals surface area contributed by atoms with Crippen molar-refractivity contribution in [3.63, 3.8) is 0 Å². The van der Waals surface area contributed by atoms with Gasteiger partial charge in [-0.05, 0) is 51.8 Å². The monoisotopic (exact) mass is 516 g/mol. The van der Waals surface area contributed by atoms with Gasteiger partial charge in [0.15, 0.2) is 23.2 Å². The van der Waals surface area contributed by atoms with Crippen molar-refractivity contribution < 1.29 is 14.0 Å². The highest BCUT2D eigenvalue weighted by Gasteiger charge is 2.13. The van der Waals surface area contributed by atoms with Gasteiger partial charge in [0.2, 0.25) is 0 Å². The minimum Gasteiger partial charge on any atom is -0.490 e. The van der Waals surface area contributed by atoms with Crippen molar-refractivity contribution in [2.45, 2.75) is 53.6 Å². The standard InChI is InChI=1S/C21H32N4O3.HI/c1-6-17-13-18(28-25-17)14-23-21(22-7-2)24-15(5)16-10-11-19(26-8-3)20(12-16)27-9-4;/h10-13,15H,6-9,14H2,1-5H3,(H2,22,23,24);1H. The average molecular weight is 516 g/mol. The van der Waals surface area contributed by atoms with Crippen molar-refractivity contribution in [3.8, 4) is 11.5 Å². The van der Waals surface area contributed by atoms with Crippen LogP contribution in [0.25, 0.3) is 0 Å². The minimum absolute atomic E-state index is 0. The first-order chi connectivity index (χ1) is 13.6. The van der Waals surface area contributed by atoms with Crippen LogP contribution >= 0.6 is 24.0 Å². The van der Waals surface area contributed by atoms with Crippen LogP contribution in [0.3, 0.4) is 0 Å². The van der Waals surface area contributed by atoms with E-state index in [1.54, 1.807) is 0 Å². The molecule has 0 saturated heterocycles. The van der Waals surface area contributed by atoms with Gasteiger partial charge in [0.05, 0.1) is 24.9 Å². The lowest BCUT2D eigenvalue weighted by atomic mass is 10.1. The van der Waals surface area contributed by atoms with Crippen LogP contribution in [0, 0.1) is 0 Å². The molecule has 1 atom stereocenters. The lowest BCUT2D eigenvalue weighted by molar-refractivity contribution is 0.287. The van der Waals surface area contributed by atoms with Gasteiger partial charge in [-0.3, -0.25) is 0 Å². The fourth-order valence-corrected chi connectivity index (χ4v) is 2.70. The largest absolute Gasteiger partial charge is 0.490 e. The zero-order valence-corrected chi connectivity index (χ0v) is 20.3. The van der Waals surface area contributed by atoms with E-state index in [-0.39, 0.29) is 30.0 Å². The van der Waals surface area contributed by atoms with Gasteiger partial charge >= 0.3 is 0 Å². The lowest BCUT2D eigenvalue weighted by Gasteiger charge is -2.20. The summed E-state index contributed by atoms with van der Waals surface area (Å²) in [7, 11) is 0. The normalized spacial score (nSPS) is 12.1. The molecule has 0 aliphatic carbocycles. The van der Waals surface area contributed by atoms with Gasteiger partial charge in [-0.2, -0.15) is 0 Å². The van der Waals surface area contributed by atoms with Crippen LogP contribution in [0.15, 0.2) is 33.8 Å². The third-order valence-corrected chi connectivity index (χ3v) is 4.13. The topological polar surface area (TPSA) is 80.9 Å². The molecule has 0 fully saturated rings. The Labute approximate surface area is 190 Å². The quantitative estimate of drug-likeness (QED) is 0.276. The van der Waals surface area contributed by atoms with E-state index in [9.17, 15) is 0 Å². The molecule has 0 aliphatic rings. The van der Waals surface area contributed by atoms with Crippen molar-refractivity contribution in [2.75, 3.05) is 19.8 Å². The number of rotatable bonds is 10. The van der Waals surface area contributed by atoms with Gasteiger partial charge < -0.3 is 24.6 Å². The number of guanidine groups is 1. The average Bonchev–Trinajstić information content (AvgIpc) is 3.16. The number of aromatic nitrogens is 1. The predicted octanol–water partition coefficient (Wildman–Crippen LogP) is 4.47. The lowest BCUT2D eigenvalue weighted by Crippen LogP contribution is -2.38. The molecule has 0 aliphatic heterocycles. The molecular weight excluding hydrogens is 483 g/mol. The maximum absolute atomic E-state index is 5.73. The van der Waals surface area contributed by atoms with Gasteiger partial charge in [0.25, 0.3) is 0 Å². The SMILES string of the molecule is CCNC(=NCc1cc(CC)no1)NC(C)c1ccc(OCC)c(OCC)c1.I. The molecule has 1 heterocycles. The van der Waals surface area contributed by atoms with E-state index in [2.05, 4.69) is 27.7 Å². The molecule has 1 aromatic heterocycles. The Morgan fingerprint density at radius 2 is 1.83 bits per heavy atom. The summed E-state index contributed by atoms with van der Waals surface area (Å²) >= 11 is 0. The van der Waals surface area contributed by atoms with E-state index in [0.29, 0.717) is 19.8 Å². The van der Waals surface area contributed by atoms with E-state index in [1.165, 1.54) is 0 Å². The Balaban J connectivity index is 0.00000420. The minimum atomic E-state index is 0. The zero-order valence-electron chi connectivity index (χ0n) is 17.9. The summed E-state index contributed by atoms with van der Waals surface area (Å²) in [5, 5.41) is 10.7. The summed E-state index contributed by atoms with van der Waals surface area (Å²) in [6, 6.07) is 7.98. The van der Waals surface area contributed by atoms with Crippen LogP contribution in [0.1, 0.15) is 57.7 Å². The van der Waals surface area contributed by atoms with Crippen molar-refractivity contribution in [1.82, 2.24) is 15.8 Å². The van der Waals surface area contributed by atoms with Crippen molar-refractivity contribution in [2.24, 2.45) is 4.99 Å². The number of benzene rings is 1. The fourth-order valence-electron chi connectivity index (χ4n) is 2.70. The molecule has 0 saturated carbocycles. The fraction of sp³-hybridized carbons (Fsp3) is 0.524. The first-order valence-electron chi connectivity index (χ1n) is 9.99. The number of nitrogens with zero attached hydrogens (tertiary/aromatic N) is 2. The van der Waals surface area contributed by atoms with Crippen LogP contribution in [0.4, 0.5) is 0 Å². The molecule has 1 unspecified atom stereocenters. The van der Waals surface area contributed by atoms with E-state index < -0.39 is 0 Å². The molecule has 2 aromatic rings. The number of hydrogen-bond donors (Lipinski definition) is 2. The first kappa shape index (κ1) is 25.1. The molecule has 8 heteroatoms. The van der Waals surface area contributed by atoms with Crippen LogP contribution in [-0.2, 0) is 13.0 Å². The summed E-state index contributed by atoms with van der Waals surface area (Å²) in [5.74, 6) is 2.99. The second-order valence-corrected chi connectivity index (χ2v) is 6.27. The molecular formula is C21H33IN4O3. The van der Waals surface area contributed by atoms with E-state index in [1.807, 2.05) is 52.0 Å². The second kappa shape index (κ2) is 13.3. The molecule has 29 heavy (non-hydrogen) atoms. The maximum Gasteiger partial charge on any atom is 0.192 e. The summed E-state index contributed by atoms with van der Waals surface area (Å²) in [4.78, 5) is 4.61. The zero-order chi connectivity index (χ0) is 20.4. The molecule has 7 nitrogen and oxygen atoms in total. The van der Waals surface area contributed by atoms with E-state index in [4.69, 9.17) is 14.0 Å². The van der Waals surface area contributed by atoms with E-state index in [0.717, 1.165) is 47.4 Å². The number of aryl methyl sites for hydroxylation is 1. The summed E-state index contributed by atoms with van der Waals surface area (Å²) in [6.45, 7) is 12.5. The number of hydrogen-bond acceptors (Lipinski definition) is 5. The third kappa shape index (κ3) is 7.75.